The zero-order chi connectivity index (χ0) is 15.4. The number of carbonyl (C=O) groups excluding carboxylic acids is 1. The molecule has 0 aromatic heterocycles. The molecule has 0 saturated heterocycles. The quantitative estimate of drug-likeness (QED) is 0.855. The molecule has 1 atom stereocenters. The van der Waals surface area contributed by atoms with E-state index in [-0.39, 0.29) is 5.91 Å². The van der Waals surface area contributed by atoms with E-state index in [1.54, 1.807) is 18.9 Å². The Labute approximate surface area is 126 Å². The molecule has 0 spiro atoms. The maximum atomic E-state index is 12.4. The van der Waals surface area contributed by atoms with Crippen LogP contribution in [0.5, 0.6) is 5.75 Å². The number of para-hydroxylation sites is 1. The van der Waals surface area contributed by atoms with Crippen LogP contribution in [0.1, 0.15) is 18.1 Å². The minimum Gasteiger partial charge on any atom is -0.481 e. The number of ether oxygens (including phenoxy) is 1. The van der Waals surface area contributed by atoms with E-state index in [1.807, 2.05) is 62.4 Å². The number of amides is 1. The van der Waals surface area contributed by atoms with Gasteiger partial charge < -0.3 is 9.64 Å². The van der Waals surface area contributed by atoms with E-state index in [4.69, 9.17) is 4.74 Å². The predicted molar refractivity (Wildman–Crippen MR) is 85.9 cm³/mol. The summed E-state index contributed by atoms with van der Waals surface area (Å²) in [6, 6.07) is 15.4. The van der Waals surface area contributed by atoms with Crippen LogP contribution in [0, 0.1) is 13.8 Å². The zero-order valence-corrected chi connectivity index (χ0v) is 13.0. The van der Waals surface area contributed by atoms with E-state index in [0.717, 1.165) is 22.6 Å². The molecule has 2 aromatic rings. The molecule has 2 rings (SSSR count). The van der Waals surface area contributed by atoms with Crippen LogP contribution in [0.15, 0.2) is 48.5 Å². The Morgan fingerprint density at radius 3 is 2.38 bits per heavy atom. The predicted octanol–water partition coefficient (Wildman–Crippen LogP) is 3.73. The molecular weight excluding hydrogens is 262 g/mol. The van der Waals surface area contributed by atoms with E-state index >= 15 is 0 Å². The summed E-state index contributed by atoms with van der Waals surface area (Å²) in [5.74, 6) is 0.694. The summed E-state index contributed by atoms with van der Waals surface area (Å²) in [6.45, 7) is 5.82. The molecule has 3 heteroatoms. The van der Waals surface area contributed by atoms with Crippen molar-refractivity contribution in [2.45, 2.75) is 26.9 Å². The molecule has 0 aliphatic carbocycles. The lowest BCUT2D eigenvalue weighted by Crippen LogP contribution is -2.38. The maximum absolute atomic E-state index is 12.4. The van der Waals surface area contributed by atoms with Gasteiger partial charge in [-0.15, -0.1) is 0 Å². The number of benzene rings is 2. The Morgan fingerprint density at radius 2 is 1.71 bits per heavy atom. The smallest absolute Gasteiger partial charge is 0.267 e. The summed E-state index contributed by atoms with van der Waals surface area (Å²) >= 11 is 0. The number of hydrogen-bond donors (Lipinski definition) is 0. The van der Waals surface area contributed by atoms with Crippen molar-refractivity contribution in [1.82, 2.24) is 0 Å². The third kappa shape index (κ3) is 3.43. The molecule has 1 amide bonds. The summed E-state index contributed by atoms with van der Waals surface area (Å²) in [5.41, 5.74) is 3.09. The monoisotopic (exact) mass is 283 g/mol. The van der Waals surface area contributed by atoms with Crippen LogP contribution in [-0.4, -0.2) is 19.1 Å². The van der Waals surface area contributed by atoms with Gasteiger partial charge in [0.15, 0.2) is 6.10 Å². The number of aryl methyl sites for hydroxylation is 1. The van der Waals surface area contributed by atoms with Gasteiger partial charge in [0.25, 0.3) is 5.91 Å². The van der Waals surface area contributed by atoms with Crippen molar-refractivity contribution in [3.05, 3.63) is 59.7 Å². The molecule has 0 unspecified atom stereocenters. The van der Waals surface area contributed by atoms with Crippen LogP contribution in [0.4, 0.5) is 5.69 Å². The molecule has 110 valence electrons. The summed E-state index contributed by atoms with van der Waals surface area (Å²) in [6.07, 6.45) is -0.532. The Hall–Kier alpha value is -2.29. The molecule has 0 saturated carbocycles. The van der Waals surface area contributed by atoms with Gasteiger partial charge in [0, 0.05) is 12.7 Å². The second kappa shape index (κ2) is 6.44. The molecule has 0 bridgehead atoms. The van der Waals surface area contributed by atoms with Gasteiger partial charge in [-0.1, -0.05) is 30.3 Å². The van der Waals surface area contributed by atoms with Crippen LogP contribution in [-0.2, 0) is 4.79 Å². The first-order valence-electron chi connectivity index (χ1n) is 7.06. The van der Waals surface area contributed by atoms with E-state index in [9.17, 15) is 4.79 Å². The second-order valence-corrected chi connectivity index (χ2v) is 5.19. The Bertz CT molecular complexity index is 622. The van der Waals surface area contributed by atoms with Crippen molar-refractivity contribution < 1.29 is 9.53 Å². The highest BCUT2D eigenvalue weighted by atomic mass is 16.5. The van der Waals surface area contributed by atoms with Crippen LogP contribution in [0.25, 0.3) is 0 Å². The van der Waals surface area contributed by atoms with Gasteiger partial charge >= 0.3 is 0 Å². The van der Waals surface area contributed by atoms with Gasteiger partial charge in [-0.05, 0) is 50.1 Å². The number of carbonyl (C=O) groups is 1. The highest BCUT2D eigenvalue weighted by Crippen LogP contribution is 2.22. The standard InChI is InChI=1S/C18H21NO2/c1-13-9-8-12-17(14(13)2)21-15(3)18(20)19(4)16-10-6-5-7-11-16/h5-12,15H,1-4H3/t15-/m0/s1. The van der Waals surface area contributed by atoms with Crippen LogP contribution in [0.2, 0.25) is 0 Å². The second-order valence-electron chi connectivity index (χ2n) is 5.19. The lowest BCUT2D eigenvalue weighted by molar-refractivity contribution is -0.124. The van der Waals surface area contributed by atoms with E-state index in [1.165, 1.54) is 0 Å². The van der Waals surface area contributed by atoms with E-state index in [2.05, 4.69) is 0 Å². The van der Waals surface area contributed by atoms with Crippen molar-refractivity contribution in [3.63, 3.8) is 0 Å². The average Bonchev–Trinajstić information content (AvgIpc) is 2.51. The third-order valence-corrected chi connectivity index (χ3v) is 3.68. The van der Waals surface area contributed by atoms with Crippen molar-refractivity contribution in [2.75, 3.05) is 11.9 Å². The molecule has 0 aliphatic heterocycles. The Kier molecular flexibility index (Phi) is 4.63. The molecule has 0 heterocycles. The fraction of sp³-hybridized carbons (Fsp3) is 0.278. The number of rotatable bonds is 4. The molecule has 2 aromatic carbocycles. The lowest BCUT2D eigenvalue weighted by Gasteiger charge is -2.23. The highest BCUT2D eigenvalue weighted by Gasteiger charge is 2.21. The van der Waals surface area contributed by atoms with E-state index in [0.29, 0.717) is 0 Å². The zero-order valence-electron chi connectivity index (χ0n) is 13.0. The van der Waals surface area contributed by atoms with Crippen molar-refractivity contribution >= 4 is 11.6 Å². The molecule has 0 N–H and O–H groups in total. The summed E-state index contributed by atoms with van der Waals surface area (Å²) in [5, 5.41) is 0. The average molecular weight is 283 g/mol. The largest absolute Gasteiger partial charge is 0.481 e. The van der Waals surface area contributed by atoms with E-state index < -0.39 is 6.10 Å². The van der Waals surface area contributed by atoms with Crippen molar-refractivity contribution in [2.24, 2.45) is 0 Å². The molecule has 0 fully saturated rings. The normalized spacial score (nSPS) is 11.8. The number of likely N-dealkylation sites (N-methyl/N-ethyl adjacent to an activating group) is 1. The third-order valence-electron chi connectivity index (χ3n) is 3.68. The van der Waals surface area contributed by atoms with Gasteiger partial charge in [-0.25, -0.2) is 0 Å². The first-order chi connectivity index (χ1) is 10.0. The SMILES string of the molecule is Cc1cccc(O[C@@H](C)C(=O)N(C)c2ccccc2)c1C. The summed E-state index contributed by atoms with van der Waals surface area (Å²) in [4.78, 5) is 14.1. The van der Waals surface area contributed by atoms with Gasteiger partial charge in [-0.2, -0.15) is 0 Å². The Balaban J connectivity index is 2.11. The molecule has 3 nitrogen and oxygen atoms in total. The number of anilines is 1. The van der Waals surface area contributed by atoms with Gasteiger partial charge in [0.05, 0.1) is 0 Å². The number of hydrogen-bond acceptors (Lipinski definition) is 2. The molecule has 21 heavy (non-hydrogen) atoms. The topological polar surface area (TPSA) is 29.5 Å². The van der Waals surface area contributed by atoms with Gasteiger partial charge in [-0.3, -0.25) is 4.79 Å². The minimum absolute atomic E-state index is 0.0675. The Morgan fingerprint density at radius 1 is 1.05 bits per heavy atom. The lowest BCUT2D eigenvalue weighted by atomic mass is 10.1. The minimum atomic E-state index is -0.532. The number of nitrogens with zero attached hydrogens (tertiary/aromatic N) is 1. The van der Waals surface area contributed by atoms with Crippen LogP contribution in [0.3, 0.4) is 0 Å². The maximum Gasteiger partial charge on any atom is 0.267 e. The fourth-order valence-electron chi connectivity index (χ4n) is 2.14. The first-order valence-corrected chi connectivity index (χ1v) is 7.06. The highest BCUT2D eigenvalue weighted by molar-refractivity contribution is 5.96. The van der Waals surface area contributed by atoms with Crippen molar-refractivity contribution in [1.29, 1.82) is 0 Å². The van der Waals surface area contributed by atoms with Crippen LogP contribution >= 0.6 is 0 Å². The summed E-state index contributed by atoms with van der Waals surface area (Å²) < 4.78 is 5.84. The molecule has 0 radical (unpaired) electrons. The summed E-state index contributed by atoms with van der Waals surface area (Å²) in [7, 11) is 1.76. The molecular formula is C18H21NO2. The van der Waals surface area contributed by atoms with Crippen molar-refractivity contribution in [3.8, 4) is 5.75 Å². The first kappa shape index (κ1) is 15.1. The van der Waals surface area contributed by atoms with Gasteiger partial charge in [0.1, 0.15) is 5.75 Å². The fourth-order valence-corrected chi connectivity index (χ4v) is 2.14. The van der Waals surface area contributed by atoms with Crippen LogP contribution < -0.4 is 9.64 Å². The molecule has 0 aliphatic rings. The van der Waals surface area contributed by atoms with Gasteiger partial charge in [0.2, 0.25) is 0 Å².